The summed E-state index contributed by atoms with van der Waals surface area (Å²) in [5, 5.41) is 4.04. The molecule has 0 radical (unpaired) electrons. The Hall–Kier alpha value is -3.24. The molecular formula is C25H28N4O5S. The maximum absolute atomic E-state index is 13.7. The van der Waals surface area contributed by atoms with Crippen molar-refractivity contribution in [3.63, 3.8) is 0 Å². The number of carbonyl (C=O) groups excluding carboxylic acids is 1. The van der Waals surface area contributed by atoms with Gasteiger partial charge in [0.25, 0.3) is 5.91 Å². The van der Waals surface area contributed by atoms with Gasteiger partial charge in [-0.15, -0.1) is 0 Å². The maximum atomic E-state index is 13.7. The second-order valence-corrected chi connectivity index (χ2v) is 11.1. The lowest BCUT2D eigenvalue weighted by molar-refractivity contribution is -0.121. The van der Waals surface area contributed by atoms with Crippen molar-refractivity contribution in [2.24, 2.45) is 0 Å². The van der Waals surface area contributed by atoms with E-state index in [9.17, 15) is 13.2 Å². The molecule has 35 heavy (non-hydrogen) atoms. The van der Waals surface area contributed by atoms with E-state index >= 15 is 0 Å². The van der Waals surface area contributed by atoms with Crippen LogP contribution in [0.1, 0.15) is 56.3 Å². The number of amides is 1. The van der Waals surface area contributed by atoms with Crippen LogP contribution in [0.3, 0.4) is 0 Å². The van der Waals surface area contributed by atoms with Crippen LogP contribution in [0.15, 0.2) is 57.9 Å². The first-order valence-electron chi connectivity index (χ1n) is 11.8. The zero-order valence-electron chi connectivity index (χ0n) is 19.8. The minimum Gasteiger partial charge on any atom is -0.482 e. The monoisotopic (exact) mass is 496 g/mol. The molecule has 1 amide bonds. The second-order valence-electron chi connectivity index (χ2n) is 9.20. The number of sulfonamides is 1. The van der Waals surface area contributed by atoms with Crippen LogP contribution in [-0.2, 0) is 27.9 Å². The number of rotatable bonds is 8. The van der Waals surface area contributed by atoms with Crippen molar-refractivity contribution in [2.75, 3.05) is 11.5 Å². The number of hydrogen-bond acceptors (Lipinski definition) is 7. The van der Waals surface area contributed by atoms with Crippen molar-refractivity contribution >= 4 is 21.6 Å². The third kappa shape index (κ3) is 4.68. The lowest BCUT2D eigenvalue weighted by Gasteiger charge is -2.30. The Morgan fingerprint density at radius 2 is 1.91 bits per heavy atom. The molecule has 1 saturated carbocycles. The fourth-order valence-corrected chi connectivity index (χ4v) is 5.90. The van der Waals surface area contributed by atoms with Crippen LogP contribution in [0.4, 0.5) is 5.69 Å². The molecule has 184 valence electrons. The molecule has 0 atom stereocenters. The minimum absolute atomic E-state index is 0.0762. The topological polar surface area (TPSA) is 106 Å². The lowest BCUT2D eigenvalue weighted by Crippen LogP contribution is -2.39. The van der Waals surface area contributed by atoms with E-state index in [1.807, 2.05) is 44.2 Å². The number of anilines is 1. The summed E-state index contributed by atoms with van der Waals surface area (Å²) >= 11 is 0. The van der Waals surface area contributed by atoms with Gasteiger partial charge in [-0.25, -0.2) is 8.42 Å². The first-order chi connectivity index (χ1) is 16.8. The highest BCUT2D eigenvalue weighted by Crippen LogP contribution is 2.37. The Kier molecular flexibility index (Phi) is 6.33. The van der Waals surface area contributed by atoms with Gasteiger partial charge in [-0.05, 0) is 50.5 Å². The second kappa shape index (κ2) is 9.43. The first-order valence-corrected chi connectivity index (χ1v) is 13.2. The quantitative estimate of drug-likeness (QED) is 0.466. The average Bonchev–Trinajstić information content (AvgIpc) is 3.26. The van der Waals surface area contributed by atoms with Crippen LogP contribution in [0.25, 0.3) is 0 Å². The van der Waals surface area contributed by atoms with E-state index in [1.54, 1.807) is 6.07 Å². The van der Waals surface area contributed by atoms with Crippen LogP contribution in [0.2, 0.25) is 0 Å². The number of carbonyl (C=O) groups is 1. The molecule has 2 heterocycles. The highest BCUT2D eigenvalue weighted by atomic mass is 32.2. The number of aromatic nitrogens is 2. The summed E-state index contributed by atoms with van der Waals surface area (Å²) in [7, 11) is -3.86. The molecule has 1 fully saturated rings. The van der Waals surface area contributed by atoms with E-state index < -0.39 is 10.0 Å². The number of nitrogens with zero attached hydrogens (tertiary/aromatic N) is 4. The molecule has 0 spiro atoms. The van der Waals surface area contributed by atoms with E-state index in [-0.39, 0.29) is 42.5 Å². The van der Waals surface area contributed by atoms with Gasteiger partial charge in [-0.3, -0.25) is 9.69 Å². The molecule has 0 unspecified atom stereocenters. The summed E-state index contributed by atoms with van der Waals surface area (Å²) in [6, 6.07) is 13.8. The maximum Gasteiger partial charge on any atom is 0.265 e. The largest absolute Gasteiger partial charge is 0.482 e. The molecule has 9 nitrogen and oxygen atoms in total. The Labute approximate surface area is 204 Å². The van der Waals surface area contributed by atoms with Crippen LogP contribution >= 0.6 is 0 Å². The normalized spacial score (nSPS) is 16.3. The molecule has 2 aromatic carbocycles. The van der Waals surface area contributed by atoms with Crippen molar-refractivity contribution in [2.45, 2.75) is 63.1 Å². The minimum atomic E-state index is -3.86. The Bertz CT molecular complexity index is 1320. The van der Waals surface area contributed by atoms with Crippen LogP contribution in [0.5, 0.6) is 5.75 Å². The summed E-state index contributed by atoms with van der Waals surface area (Å²) in [6.07, 6.45) is 3.20. The first kappa shape index (κ1) is 23.5. The molecule has 0 saturated heterocycles. The molecule has 1 aliphatic heterocycles. The molecule has 1 aliphatic carbocycles. The van der Waals surface area contributed by atoms with Gasteiger partial charge in [0, 0.05) is 18.5 Å². The van der Waals surface area contributed by atoms with Crippen LogP contribution in [0, 0.1) is 0 Å². The zero-order valence-corrected chi connectivity index (χ0v) is 20.6. The van der Waals surface area contributed by atoms with Crippen molar-refractivity contribution in [1.82, 2.24) is 14.4 Å². The summed E-state index contributed by atoms with van der Waals surface area (Å²) in [5.74, 6) is 1.40. The van der Waals surface area contributed by atoms with Crippen LogP contribution in [-0.4, -0.2) is 41.4 Å². The average molecular weight is 497 g/mol. The van der Waals surface area contributed by atoms with Crippen molar-refractivity contribution in [3.05, 3.63) is 65.8 Å². The smallest absolute Gasteiger partial charge is 0.265 e. The van der Waals surface area contributed by atoms with Crippen molar-refractivity contribution in [3.8, 4) is 5.75 Å². The van der Waals surface area contributed by atoms with Crippen LogP contribution < -0.4 is 9.64 Å². The van der Waals surface area contributed by atoms with Gasteiger partial charge in [-0.1, -0.05) is 41.9 Å². The lowest BCUT2D eigenvalue weighted by atomic mass is 9.85. The molecule has 10 heteroatoms. The fraction of sp³-hybridized carbons (Fsp3) is 0.400. The van der Waals surface area contributed by atoms with Gasteiger partial charge in [0.2, 0.25) is 15.9 Å². The van der Waals surface area contributed by atoms with Gasteiger partial charge in [0.05, 0.1) is 17.1 Å². The van der Waals surface area contributed by atoms with Gasteiger partial charge in [0.1, 0.15) is 5.75 Å². The molecule has 2 aliphatic rings. The Morgan fingerprint density at radius 1 is 1.14 bits per heavy atom. The Morgan fingerprint density at radius 3 is 2.60 bits per heavy atom. The van der Waals surface area contributed by atoms with E-state index in [2.05, 4.69) is 10.1 Å². The summed E-state index contributed by atoms with van der Waals surface area (Å²) in [6.45, 7) is 3.86. The molecule has 0 N–H and O–H groups in total. The molecule has 5 rings (SSSR count). The van der Waals surface area contributed by atoms with E-state index in [0.29, 0.717) is 23.2 Å². The third-order valence-electron chi connectivity index (χ3n) is 6.47. The standard InChI is InChI=1S/C25H28N4O5S/c1-17(2)29(14-18-7-4-3-5-8-18)35(31,32)20-11-12-22-21(13-20)28(24(30)16-33-22)15-23-26-25(34-27-23)19-9-6-10-19/h3-5,7-8,11-13,17,19H,6,9-10,14-16H2,1-2H3. The summed E-state index contributed by atoms with van der Waals surface area (Å²) < 4.78 is 39.8. The fourth-order valence-electron chi connectivity index (χ4n) is 4.25. The van der Waals surface area contributed by atoms with E-state index in [0.717, 1.165) is 24.8 Å². The highest BCUT2D eigenvalue weighted by molar-refractivity contribution is 7.89. The van der Waals surface area contributed by atoms with Crippen molar-refractivity contribution < 1.29 is 22.5 Å². The van der Waals surface area contributed by atoms with Gasteiger partial charge in [0.15, 0.2) is 12.4 Å². The summed E-state index contributed by atoms with van der Waals surface area (Å²) in [4.78, 5) is 18.8. The summed E-state index contributed by atoms with van der Waals surface area (Å²) in [5.41, 5.74) is 1.27. The molecule has 1 aromatic heterocycles. The molecule has 0 bridgehead atoms. The molecule has 3 aromatic rings. The highest BCUT2D eigenvalue weighted by Gasteiger charge is 2.33. The number of fused-ring (bicyclic) bond motifs is 1. The number of ether oxygens (including phenoxy) is 1. The predicted molar refractivity (Wildman–Crippen MR) is 128 cm³/mol. The van der Waals surface area contributed by atoms with E-state index in [4.69, 9.17) is 9.26 Å². The number of benzene rings is 2. The zero-order chi connectivity index (χ0) is 24.6. The Balaban J connectivity index is 1.45. The molecular weight excluding hydrogens is 468 g/mol. The number of hydrogen-bond donors (Lipinski definition) is 0. The van der Waals surface area contributed by atoms with Gasteiger partial charge in [-0.2, -0.15) is 9.29 Å². The predicted octanol–water partition coefficient (Wildman–Crippen LogP) is 3.86. The SMILES string of the molecule is CC(C)N(Cc1ccccc1)S(=O)(=O)c1ccc2c(c1)N(Cc1noc(C3CCC3)n1)C(=O)CO2. The van der Waals surface area contributed by atoms with Gasteiger partial charge < -0.3 is 9.26 Å². The van der Waals surface area contributed by atoms with Crippen molar-refractivity contribution in [1.29, 1.82) is 0 Å². The third-order valence-corrected chi connectivity index (χ3v) is 8.49. The van der Waals surface area contributed by atoms with E-state index in [1.165, 1.54) is 21.3 Å². The van der Waals surface area contributed by atoms with Gasteiger partial charge >= 0.3 is 0 Å².